The van der Waals surface area contributed by atoms with Crippen LogP contribution in [0.4, 0.5) is 11.4 Å². The van der Waals surface area contributed by atoms with E-state index in [9.17, 15) is 4.79 Å². The van der Waals surface area contributed by atoms with Crippen molar-refractivity contribution in [1.29, 1.82) is 0 Å². The average Bonchev–Trinajstić information content (AvgIpc) is 2.61. The number of esters is 1. The van der Waals surface area contributed by atoms with Crippen LogP contribution in [0.5, 0.6) is 0 Å². The summed E-state index contributed by atoms with van der Waals surface area (Å²) in [6.45, 7) is 9.06. The van der Waals surface area contributed by atoms with Gasteiger partial charge in [-0.25, -0.2) is 4.79 Å². The lowest BCUT2D eigenvalue weighted by Crippen LogP contribution is -2.49. The molecule has 1 aromatic rings. The normalized spacial score (nSPS) is 21.1. The fourth-order valence-corrected chi connectivity index (χ4v) is 2.92. The first-order chi connectivity index (χ1) is 9.94. The molecule has 1 atom stereocenters. The first-order valence-corrected chi connectivity index (χ1v) is 7.51. The Kier molecular flexibility index (Phi) is 3.53. The quantitative estimate of drug-likeness (QED) is 0.771. The average molecular weight is 289 g/mol. The van der Waals surface area contributed by atoms with Gasteiger partial charge in [-0.3, -0.25) is 0 Å². The SMILES string of the molecule is CC(C)(C)OC(=O)C1CN2CCNCc3cccc(c32)N1. The molecule has 1 unspecified atom stereocenters. The number of benzene rings is 1. The largest absolute Gasteiger partial charge is 0.458 e. The van der Waals surface area contributed by atoms with Crippen LogP contribution in [-0.4, -0.2) is 37.2 Å². The predicted molar refractivity (Wildman–Crippen MR) is 83.6 cm³/mol. The van der Waals surface area contributed by atoms with Gasteiger partial charge in [0.2, 0.25) is 0 Å². The van der Waals surface area contributed by atoms with E-state index in [1.54, 1.807) is 0 Å². The Morgan fingerprint density at radius 1 is 1.38 bits per heavy atom. The van der Waals surface area contributed by atoms with E-state index in [-0.39, 0.29) is 12.0 Å². The monoisotopic (exact) mass is 289 g/mol. The Morgan fingerprint density at radius 2 is 2.19 bits per heavy atom. The minimum Gasteiger partial charge on any atom is -0.458 e. The minimum atomic E-state index is -0.457. The van der Waals surface area contributed by atoms with Gasteiger partial charge in [-0.15, -0.1) is 0 Å². The molecule has 0 saturated carbocycles. The highest BCUT2D eigenvalue weighted by molar-refractivity contribution is 5.87. The molecule has 2 aliphatic heterocycles. The zero-order chi connectivity index (χ0) is 15.0. The number of ether oxygens (including phenoxy) is 1. The number of nitrogens with zero attached hydrogens (tertiary/aromatic N) is 1. The molecular weight excluding hydrogens is 266 g/mol. The predicted octanol–water partition coefficient (Wildman–Crippen LogP) is 1.73. The first-order valence-electron chi connectivity index (χ1n) is 7.51. The van der Waals surface area contributed by atoms with Crippen LogP contribution in [0.3, 0.4) is 0 Å². The number of nitrogens with one attached hydrogen (secondary N) is 2. The van der Waals surface area contributed by atoms with Crippen molar-refractivity contribution in [3.05, 3.63) is 23.8 Å². The summed E-state index contributed by atoms with van der Waals surface area (Å²) in [5.41, 5.74) is 3.07. The maximum atomic E-state index is 12.3. The third kappa shape index (κ3) is 2.97. The molecule has 0 amide bonds. The van der Waals surface area contributed by atoms with E-state index in [0.29, 0.717) is 6.54 Å². The fourth-order valence-electron chi connectivity index (χ4n) is 2.92. The number of carbonyl (C=O) groups is 1. The number of carbonyl (C=O) groups excluding carboxylic acids is 1. The van der Waals surface area contributed by atoms with Crippen LogP contribution in [0.1, 0.15) is 26.3 Å². The van der Waals surface area contributed by atoms with Crippen molar-refractivity contribution >= 4 is 17.3 Å². The Balaban J connectivity index is 1.86. The summed E-state index contributed by atoms with van der Waals surface area (Å²) in [7, 11) is 0. The van der Waals surface area contributed by atoms with Gasteiger partial charge in [0.15, 0.2) is 0 Å². The number of para-hydroxylation sites is 1. The van der Waals surface area contributed by atoms with E-state index in [0.717, 1.165) is 25.3 Å². The standard InChI is InChI=1S/C16H23N3O2/c1-16(2,3)21-15(20)13-10-19-8-7-17-9-11-5-4-6-12(18-13)14(11)19/h4-6,13,17-18H,7-10H2,1-3H3. The van der Waals surface area contributed by atoms with Gasteiger partial charge in [0.25, 0.3) is 0 Å². The van der Waals surface area contributed by atoms with E-state index in [1.165, 1.54) is 11.3 Å². The van der Waals surface area contributed by atoms with Gasteiger partial charge in [-0.1, -0.05) is 12.1 Å². The van der Waals surface area contributed by atoms with Crippen LogP contribution < -0.4 is 15.5 Å². The smallest absolute Gasteiger partial charge is 0.330 e. The van der Waals surface area contributed by atoms with E-state index in [1.807, 2.05) is 32.9 Å². The lowest BCUT2D eigenvalue weighted by Gasteiger charge is -2.37. The van der Waals surface area contributed by atoms with E-state index < -0.39 is 5.60 Å². The molecular formula is C16H23N3O2. The van der Waals surface area contributed by atoms with Crippen molar-refractivity contribution in [2.45, 2.75) is 39.0 Å². The summed E-state index contributed by atoms with van der Waals surface area (Å²) in [6, 6.07) is 5.89. The second-order valence-electron chi connectivity index (χ2n) is 6.67. The van der Waals surface area contributed by atoms with Gasteiger partial charge in [0.1, 0.15) is 11.6 Å². The molecule has 2 heterocycles. The highest BCUT2D eigenvalue weighted by Crippen LogP contribution is 2.35. The number of hydrogen-bond acceptors (Lipinski definition) is 5. The Bertz CT molecular complexity index is 551. The molecule has 2 N–H and O–H groups in total. The van der Waals surface area contributed by atoms with Crippen molar-refractivity contribution in [2.24, 2.45) is 0 Å². The Hall–Kier alpha value is -1.75. The topological polar surface area (TPSA) is 53.6 Å². The summed E-state index contributed by atoms with van der Waals surface area (Å²) in [5, 5.41) is 6.76. The van der Waals surface area contributed by atoms with Gasteiger partial charge in [-0.2, -0.15) is 0 Å². The highest BCUT2D eigenvalue weighted by atomic mass is 16.6. The second kappa shape index (κ2) is 5.22. The molecule has 3 rings (SSSR count). The molecule has 0 radical (unpaired) electrons. The van der Waals surface area contributed by atoms with E-state index >= 15 is 0 Å². The van der Waals surface area contributed by atoms with Crippen LogP contribution >= 0.6 is 0 Å². The fraction of sp³-hybridized carbons (Fsp3) is 0.562. The summed E-state index contributed by atoms with van der Waals surface area (Å²) in [4.78, 5) is 14.6. The number of rotatable bonds is 1. The van der Waals surface area contributed by atoms with Crippen LogP contribution in [0.2, 0.25) is 0 Å². The Labute approximate surface area is 125 Å². The van der Waals surface area contributed by atoms with Crippen LogP contribution in [-0.2, 0) is 16.1 Å². The molecule has 5 nitrogen and oxygen atoms in total. The lowest BCUT2D eigenvalue weighted by molar-refractivity contribution is -0.155. The summed E-state index contributed by atoms with van der Waals surface area (Å²) in [6.07, 6.45) is 0. The van der Waals surface area contributed by atoms with Crippen molar-refractivity contribution in [1.82, 2.24) is 5.32 Å². The zero-order valence-corrected chi connectivity index (χ0v) is 12.9. The van der Waals surface area contributed by atoms with Crippen LogP contribution in [0.15, 0.2) is 18.2 Å². The van der Waals surface area contributed by atoms with Crippen molar-refractivity contribution < 1.29 is 9.53 Å². The van der Waals surface area contributed by atoms with Crippen molar-refractivity contribution in [3.8, 4) is 0 Å². The van der Waals surface area contributed by atoms with E-state index in [2.05, 4.69) is 21.6 Å². The van der Waals surface area contributed by atoms with Crippen molar-refractivity contribution in [2.75, 3.05) is 29.9 Å². The maximum Gasteiger partial charge on any atom is 0.330 e. The number of hydrogen-bond donors (Lipinski definition) is 2. The molecule has 0 aliphatic carbocycles. The molecule has 5 heteroatoms. The van der Waals surface area contributed by atoms with Gasteiger partial charge >= 0.3 is 5.97 Å². The molecule has 114 valence electrons. The molecule has 2 aliphatic rings. The molecule has 21 heavy (non-hydrogen) atoms. The van der Waals surface area contributed by atoms with E-state index in [4.69, 9.17) is 4.74 Å². The van der Waals surface area contributed by atoms with Crippen molar-refractivity contribution in [3.63, 3.8) is 0 Å². The Morgan fingerprint density at radius 3 is 2.95 bits per heavy atom. The molecule has 1 aromatic carbocycles. The molecule has 0 fully saturated rings. The third-order valence-electron chi connectivity index (χ3n) is 3.73. The molecule has 0 bridgehead atoms. The van der Waals surface area contributed by atoms with Gasteiger partial charge in [-0.05, 0) is 32.4 Å². The molecule has 0 aromatic heterocycles. The zero-order valence-electron chi connectivity index (χ0n) is 12.9. The van der Waals surface area contributed by atoms with Gasteiger partial charge < -0.3 is 20.3 Å². The summed E-state index contributed by atoms with van der Waals surface area (Å²) >= 11 is 0. The molecule has 0 saturated heterocycles. The second-order valence-corrected chi connectivity index (χ2v) is 6.67. The first kappa shape index (κ1) is 14.2. The minimum absolute atomic E-state index is 0.184. The van der Waals surface area contributed by atoms with Gasteiger partial charge in [0, 0.05) is 26.2 Å². The highest BCUT2D eigenvalue weighted by Gasteiger charge is 2.33. The van der Waals surface area contributed by atoms with Crippen LogP contribution in [0, 0.1) is 0 Å². The summed E-state index contributed by atoms with van der Waals surface area (Å²) < 4.78 is 5.52. The number of anilines is 2. The third-order valence-corrected chi connectivity index (χ3v) is 3.73. The molecule has 0 spiro atoms. The maximum absolute atomic E-state index is 12.3. The van der Waals surface area contributed by atoms with Crippen LogP contribution in [0.25, 0.3) is 0 Å². The van der Waals surface area contributed by atoms with Gasteiger partial charge in [0.05, 0.1) is 11.4 Å². The lowest BCUT2D eigenvalue weighted by atomic mass is 10.0. The summed E-state index contributed by atoms with van der Waals surface area (Å²) in [5.74, 6) is -0.184.